The molecule has 9 heteroatoms. The van der Waals surface area contributed by atoms with E-state index in [1.807, 2.05) is 74.4 Å². The fourth-order valence-corrected chi connectivity index (χ4v) is 4.17. The first-order valence-electron chi connectivity index (χ1n) is 15.3. The van der Waals surface area contributed by atoms with E-state index in [4.69, 9.17) is 21.6 Å². The first kappa shape index (κ1) is 41.5. The highest BCUT2D eigenvalue weighted by Gasteiger charge is 2.38. The van der Waals surface area contributed by atoms with Crippen molar-refractivity contribution in [3.63, 3.8) is 0 Å². The molecule has 43 heavy (non-hydrogen) atoms. The van der Waals surface area contributed by atoms with Gasteiger partial charge in [-0.25, -0.2) is 23.4 Å². The number of aliphatic hydroxyl groups excluding tert-OH is 1. The van der Waals surface area contributed by atoms with Gasteiger partial charge < -0.3 is 16.6 Å². The van der Waals surface area contributed by atoms with Crippen LogP contribution in [0.25, 0.3) is 11.6 Å². The first-order valence-corrected chi connectivity index (χ1v) is 15.3. The summed E-state index contributed by atoms with van der Waals surface area (Å²) in [7, 11) is 1.00. The maximum atomic E-state index is 14.2. The molecule has 0 bridgehead atoms. The van der Waals surface area contributed by atoms with E-state index in [2.05, 4.69) is 23.9 Å². The van der Waals surface area contributed by atoms with Gasteiger partial charge in [-0.1, -0.05) is 74.8 Å². The Bertz CT molecular complexity index is 1230. The van der Waals surface area contributed by atoms with Gasteiger partial charge >= 0.3 is 0 Å². The van der Waals surface area contributed by atoms with Crippen LogP contribution in [-0.2, 0) is 5.41 Å². The zero-order valence-electron chi connectivity index (χ0n) is 28.5. The van der Waals surface area contributed by atoms with E-state index in [1.54, 1.807) is 23.2 Å². The molecule has 0 saturated heterocycles. The fourth-order valence-electron chi connectivity index (χ4n) is 4.17. The Hall–Kier alpha value is -3.59. The summed E-state index contributed by atoms with van der Waals surface area (Å²) in [6.07, 6.45) is 7.91. The second-order valence-electron chi connectivity index (χ2n) is 9.19. The van der Waals surface area contributed by atoms with Crippen LogP contribution in [0.1, 0.15) is 105 Å². The van der Waals surface area contributed by atoms with Crippen molar-refractivity contribution in [2.75, 3.05) is 7.11 Å². The third-order valence-corrected chi connectivity index (χ3v) is 6.21. The van der Waals surface area contributed by atoms with Crippen LogP contribution in [0.2, 0.25) is 0 Å². The molecule has 2 aromatic heterocycles. The molecular weight excluding hydrogens is 546 g/mol. The molecule has 3 aromatic rings. The number of rotatable bonds is 4. The van der Waals surface area contributed by atoms with E-state index in [0.717, 1.165) is 36.9 Å². The molecular formula is C34H56F2N6O. The fraction of sp³-hybridized carbons (Fsp3) is 0.500. The molecule has 4 rings (SSSR count). The third kappa shape index (κ3) is 11.2. The molecule has 2 atom stereocenters. The summed E-state index contributed by atoms with van der Waals surface area (Å²) in [5, 5.41) is 11.4. The standard InChI is InChI=1S/C24H26F2N6.C3H8.3C2H6.CH4O/c1-14-7-10-24(3,20-8-11-29-23(30-20)32-12-9-15(2)31-32)22(28)16(14)13-19(27)21-17(25)5-4-6-18(21)26;1-3-2;4*1-2/h4-6,8-9,11-14H,7,10,27-28H2,1-3H3;3H2,1-2H3;3*1-2H3;2H,1H3/b19-13-;;;;;. The molecule has 0 radical (unpaired) electrons. The second kappa shape index (κ2) is 22.0. The van der Waals surface area contributed by atoms with E-state index in [9.17, 15) is 8.78 Å². The van der Waals surface area contributed by atoms with Crippen LogP contribution in [0.15, 0.2) is 60.1 Å². The number of nitrogens with zero attached hydrogens (tertiary/aromatic N) is 4. The first-order chi connectivity index (χ1) is 20.6. The SMILES string of the molecule is CC.CC.CC.CCC.CO.Cc1ccn(-c2nccc(C3(C)CCC(C)C(/C=C(\N)c4c(F)cccc4F)=C3N)n2)n1. The molecule has 0 saturated carbocycles. The monoisotopic (exact) mass is 602 g/mol. The number of aryl methyl sites for hydroxylation is 1. The van der Waals surface area contributed by atoms with Gasteiger partial charge in [-0.2, -0.15) is 5.10 Å². The van der Waals surface area contributed by atoms with Gasteiger partial charge in [-0.15, -0.1) is 0 Å². The van der Waals surface area contributed by atoms with Gasteiger partial charge in [0.15, 0.2) is 0 Å². The van der Waals surface area contributed by atoms with Gasteiger partial charge in [-0.05, 0) is 68.5 Å². The van der Waals surface area contributed by atoms with Crippen molar-refractivity contribution in [1.29, 1.82) is 0 Å². The van der Waals surface area contributed by atoms with E-state index in [-0.39, 0.29) is 17.2 Å². The highest BCUT2D eigenvalue weighted by molar-refractivity contribution is 5.67. The molecule has 0 aliphatic heterocycles. The molecule has 0 spiro atoms. The number of halogens is 2. The molecule has 242 valence electrons. The Morgan fingerprint density at radius 3 is 2.07 bits per heavy atom. The zero-order valence-corrected chi connectivity index (χ0v) is 28.5. The van der Waals surface area contributed by atoms with Gasteiger partial charge in [0.2, 0.25) is 0 Å². The summed E-state index contributed by atoms with van der Waals surface area (Å²) in [4.78, 5) is 9.06. The molecule has 0 fully saturated rings. The van der Waals surface area contributed by atoms with E-state index < -0.39 is 17.0 Å². The third-order valence-electron chi connectivity index (χ3n) is 6.21. The van der Waals surface area contributed by atoms with Crippen LogP contribution in [-0.4, -0.2) is 32.0 Å². The molecule has 2 heterocycles. The average Bonchev–Trinajstić information content (AvgIpc) is 3.48. The highest BCUT2D eigenvalue weighted by Crippen LogP contribution is 2.43. The summed E-state index contributed by atoms with van der Waals surface area (Å²) in [5.41, 5.74) is 14.9. The molecule has 0 amide bonds. The number of hydrogen-bond acceptors (Lipinski definition) is 6. The van der Waals surface area contributed by atoms with Crippen LogP contribution >= 0.6 is 0 Å². The summed E-state index contributed by atoms with van der Waals surface area (Å²) in [6.45, 7) is 22.2. The lowest BCUT2D eigenvalue weighted by atomic mass is 9.69. The minimum absolute atomic E-state index is 0.00467. The van der Waals surface area contributed by atoms with Crippen LogP contribution in [0.3, 0.4) is 0 Å². The highest BCUT2D eigenvalue weighted by atomic mass is 19.1. The van der Waals surface area contributed by atoms with Crippen LogP contribution in [0, 0.1) is 24.5 Å². The number of hydrogen-bond donors (Lipinski definition) is 3. The molecule has 1 aliphatic rings. The molecule has 2 unspecified atom stereocenters. The van der Waals surface area contributed by atoms with E-state index >= 15 is 0 Å². The second-order valence-corrected chi connectivity index (χ2v) is 9.19. The lowest BCUT2D eigenvalue weighted by molar-refractivity contribution is 0.392. The van der Waals surface area contributed by atoms with Crippen LogP contribution < -0.4 is 11.5 Å². The van der Waals surface area contributed by atoms with Gasteiger partial charge in [0.25, 0.3) is 5.95 Å². The summed E-state index contributed by atoms with van der Waals surface area (Å²) < 4.78 is 30.1. The van der Waals surface area contributed by atoms with Gasteiger partial charge in [-0.3, -0.25) is 0 Å². The molecule has 1 aliphatic carbocycles. The Morgan fingerprint density at radius 2 is 1.58 bits per heavy atom. The number of aliphatic hydroxyl groups is 1. The van der Waals surface area contributed by atoms with E-state index in [1.165, 1.54) is 24.6 Å². The summed E-state index contributed by atoms with van der Waals surface area (Å²) in [5.74, 6) is -0.891. The normalized spacial score (nSPS) is 17.2. The van der Waals surface area contributed by atoms with Crippen molar-refractivity contribution in [3.05, 3.63) is 88.7 Å². The van der Waals surface area contributed by atoms with Crippen LogP contribution in [0.4, 0.5) is 8.78 Å². The van der Waals surface area contributed by atoms with Crippen molar-refractivity contribution in [1.82, 2.24) is 19.7 Å². The largest absolute Gasteiger partial charge is 0.401 e. The molecule has 7 nitrogen and oxygen atoms in total. The average molecular weight is 603 g/mol. The minimum atomic E-state index is -0.709. The van der Waals surface area contributed by atoms with Crippen molar-refractivity contribution >= 4 is 5.70 Å². The number of allylic oxidation sites excluding steroid dienone is 3. The zero-order chi connectivity index (χ0) is 33.8. The topological polar surface area (TPSA) is 116 Å². The summed E-state index contributed by atoms with van der Waals surface area (Å²) in [6, 6.07) is 7.39. The maximum absolute atomic E-state index is 14.2. The van der Waals surface area contributed by atoms with Crippen molar-refractivity contribution in [3.8, 4) is 5.95 Å². The molecule has 1 aromatic carbocycles. The quantitative estimate of drug-likeness (QED) is 0.277. The van der Waals surface area contributed by atoms with Gasteiger partial charge in [0, 0.05) is 36.3 Å². The van der Waals surface area contributed by atoms with Crippen molar-refractivity contribution in [2.45, 2.75) is 101 Å². The molecule has 5 N–H and O–H groups in total. The van der Waals surface area contributed by atoms with Gasteiger partial charge in [0.05, 0.1) is 17.0 Å². The Labute approximate surface area is 259 Å². The Kier molecular flexibility index (Phi) is 21.3. The van der Waals surface area contributed by atoms with E-state index in [0.29, 0.717) is 11.6 Å². The summed E-state index contributed by atoms with van der Waals surface area (Å²) >= 11 is 0. The Balaban J connectivity index is 0. The lowest BCUT2D eigenvalue weighted by Crippen LogP contribution is -2.37. The van der Waals surface area contributed by atoms with Gasteiger partial charge in [0.1, 0.15) is 11.6 Å². The predicted molar refractivity (Wildman–Crippen MR) is 178 cm³/mol. The lowest BCUT2D eigenvalue weighted by Gasteiger charge is -2.38. The smallest absolute Gasteiger partial charge is 0.250 e. The predicted octanol–water partition coefficient (Wildman–Crippen LogP) is 8.25. The number of aromatic nitrogens is 4. The van der Waals surface area contributed by atoms with Crippen LogP contribution in [0.5, 0.6) is 0 Å². The number of benzene rings is 1. The van der Waals surface area contributed by atoms with Crippen molar-refractivity contribution < 1.29 is 13.9 Å². The maximum Gasteiger partial charge on any atom is 0.250 e. The Morgan fingerprint density at radius 1 is 1.05 bits per heavy atom. The van der Waals surface area contributed by atoms with Crippen molar-refractivity contribution in [2.24, 2.45) is 17.4 Å². The number of nitrogens with two attached hydrogens (primary N) is 2. The minimum Gasteiger partial charge on any atom is -0.401 e.